The molecule has 0 radical (unpaired) electrons. The van der Waals surface area contributed by atoms with Crippen LogP contribution < -0.4 is 0 Å². The van der Waals surface area contributed by atoms with Crippen molar-refractivity contribution in [2.45, 2.75) is 32.6 Å². The lowest BCUT2D eigenvalue weighted by molar-refractivity contribution is 0.112. The number of hydrogen-bond acceptors (Lipinski definition) is 1. The highest BCUT2D eigenvalue weighted by molar-refractivity contribution is 5.75. The molecule has 0 bridgehead atoms. The molecule has 0 fully saturated rings. The number of aryl methyl sites for hydroxylation is 3. The van der Waals surface area contributed by atoms with Gasteiger partial charge in [0.25, 0.3) is 0 Å². The largest absolute Gasteiger partial charge is 0.298 e. The smallest absolute Gasteiger partial charge is 0.152 e. The van der Waals surface area contributed by atoms with Crippen LogP contribution in [0, 0.1) is 5.82 Å². The van der Waals surface area contributed by atoms with E-state index in [9.17, 15) is 9.18 Å². The van der Waals surface area contributed by atoms with E-state index < -0.39 is 5.82 Å². The summed E-state index contributed by atoms with van der Waals surface area (Å²) in [6.45, 7) is 2.19. The number of carbonyl (C=O) groups excluding carboxylic acids is 1. The highest BCUT2D eigenvalue weighted by Gasteiger charge is 2.04. The molecule has 0 amide bonds. The first-order chi connectivity index (χ1) is 12.7. The van der Waals surface area contributed by atoms with E-state index in [-0.39, 0.29) is 5.56 Å². The van der Waals surface area contributed by atoms with Crippen molar-refractivity contribution in [1.82, 2.24) is 0 Å². The maximum atomic E-state index is 13.7. The molecule has 3 rings (SSSR count). The van der Waals surface area contributed by atoms with E-state index in [1.165, 1.54) is 28.3 Å². The molecule has 0 saturated heterocycles. The fraction of sp³-hybridized carbons (Fsp3) is 0.208. The third-order valence-corrected chi connectivity index (χ3v) is 4.67. The fourth-order valence-electron chi connectivity index (χ4n) is 3.13. The maximum Gasteiger partial charge on any atom is 0.152 e. The second-order valence-electron chi connectivity index (χ2n) is 6.62. The Morgan fingerprint density at radius 1 is 0.731 bits per heavy atom. The van der Waals surface area contributed by atoms with Crippen LogP contribution in [0.4, 0.5) is 4.39 Å². The molecule has 132 valence electrons. The summed E-state index contributed by atoms with van der Waals surface area (Å²) in [5, 5.41) is 0. The van der Waals surface area contributed by atoms with Gasteiger partial charge in [0.15, 0.2) is 6.29 Å². The monoisotopic (exact) mass is 346 g/mol. The molecule has 0 N–H and O–H groups in total. The van der Waals surface area contributed by atoms with Crippen LogP contribution in [0.2, 0.25) is 0 Å². The van der Waals surface area contributed by atoms with Crippen LogP contribution in [0.15, 0.2) is 66.7 Å². The van der Waals surface area contributed by atoms with Gasteiger partial charge in [-0.1, -0.05) is 67.9 Å². The van der Waals surface area contributed by atoms with E-state index in [1.807, 2.05) is 6.07 Å². The highest BCUT2D eigenvalue weighted by Crippen LogP contribution is 2.21. The van der Waals surface area contributed by atoms with Crippen LogP contribution in [0.5, 0.6) is 0 Å². The average molecular weight is 346 g/mol. The Balaban J connectivity index is 1.64. The molecular formula is C24H23FO. The summed E-state index contributed by atoms with van der Waals surface area (Å²) >= 11 is 0. The second-order valence-corrected chi connectivity index (χ2v) is 6.62. The molecular weight excluding hydrogens is 323 g/mol. The molecule has 0 aromatic heterocycles. The van der Waals surface area contributed by atoms with Gasteiger partial charge in [0, 0.05) is 0 Å². The third kappa shape index (κ3) is 4.45. The zero-order valence-electron chi connectivity index (χ0n) is 15.0. The molecule has 3 aromatic rings. The van der Waals surface area contributed by atoms with Gasteiger partial charge < -0.3 is 0 Å². The molecule has 26 heavy (non-hydrogen) atoms. The molecule has 0 aliphatic heterocycles. The summed E-state index contributed by atoms with van der Waals surface area (Å²) in [5.74, 6) is -0.445. The van der Waals surface area contributed by atoms with Crippen LogP contribution in [0.3, 0.4) is 0 Å². The number of rotatable bonds is 7. The van der Waals surface area contributed by atoms with Crippen LogP contribution in [0.1, 0.15) is 40.4 Å². The topological polar surface area (TPSA) is 17.1 Å². The molecule has 0 aliphatic carbocycles. The first-order valence-electron chi connectivity index (χ1n) is 9.11. The summed E-state index contributed by atoms with van der Waals surface area (Å²) in [7, 11) is 0. The van der Waals surface area contributed by atoms with Crippen molar-refractivity contribution in [2.75, 3.05) is 0 Å². The van der Waals surface area contributed by atoms with E-state index in [4.69, 9.17) is 0 Å². The Bertz CT molecular complexity index is 864. The van der Waals surface area contributed by atoms with Gasteiger partial charge in [-0.3, -0.25) is 4.79 Å². The van der Waals surface area contributed by atoms with Crippen molar-refractivity contribution < 1.29 is 9.18 Å². The minimum Gasteiger partial charge on any atom is -0.298 e. The fourth-order valence-corrected chi connectivity index (χ4v) is 3.13. The number of aldehydes is 1. The Hall–Kier alpha value is -2.74. The maximum absolute atomic E-state index is 13.7. The molecule has 0 spiro atoms. The van der Waals surface area contributed by atoms with Crippen molar-refractivity contribution >= 4 is 6.29 Å². The normalized spacial score (nSPS) is 10.7. The number of benzene rings is 3. The van der Waals surface area contributed by atoms with Crippen molar-refractivity contribution in [3.63, 3.8) is 0 Å². The van der Waals surface area contributed by atoms with E-state index in [0.717, 1.165) is 31.2 Å². The van der Waals surface area contributed by atoms with Gasteiger partial charge in [0.1, 0.15) is 5.82 Å². The second kappa shape index (κ2) is 8.57. The number of halogens is 1. The van der Waals surface area contributed by atoms with Crippen LogP contribution in [-0.4, -0.2) is 6.29 Å². The van der Waals surface area contributed by atoms with Gasteiger partial charge in [0.2, 0.25) is 0 Å². The Morgan fingerprint density at radius 3 is 1.73 bits per heavy atom. The lowest BCUT2D eigenvalue weighted by Crippen LogP contribution is -1.95. The van der Waals surface area contributed by atoms with Gasteiger partial charge in [-0.25, -0.2) is 4.39 Å². The molecule has 2 heteroatoms. The van der Waals surface area contributed by atoms with Gasteiger partial charge in [-0.15, -0.1) is 0 Å². The van der Waals surface area contributed by atoms with E-state index in [1.54, 1.807) is 6.07 Å². The molecule has 3 aromatic carbocycles. The van der Waals surface area contributed by atoms with Crippen molar-refractivity contribution in [2.24, 2.45) is 0 Å². The van der Waals surface area contributed by atoms with Crippen molar-refractivity contribution in [3.05, 3.63) is 94.8 Å². The zero-order chi connectivity index (χ0) is 18.4. The lowest BCUT2D eigenvalue weighted by Gasteiger charge is -2.07. The molecule has 0 atom stereocenters. The highest BCUT2D eigenvalue weighted by atomic mass is 19.1. The lowest BCUT2D eigenvalue weighted by atomic mass is 9.99. The predicted molar refractivity (Wildman–Crippen MR) is 105 cm³/mol. The Labute approximate surface area is 154 Å². The zero-order valence-corrected chi connectivity index (χ0v) is 15.0. The van der Waals surface area contributed by atoms with Crippen LogP contribution >= 0.6 is 0 Å². The predicted octanol–water partition coefficient (Wildman–Crippen LogP) is 6.04. The minimum atomic E-state index is -0.445. The van der Waals surface area contributed by atoms with Gasteiger partial charge in [0.05, 0.1) is 5.56 Å². The molecule has 0 saturated carbocycles. The van der Waals surface area contributed by atoms with E-state index in [2.05, 4.69) is 55.5 Å². The summed E-state index contributed by atoms with van der Waals surface area (Å²) in [6, 6.07) is 22.1. The summed E-state index contributed by atoms with van der Waals surface area (Å²) in [6.07, 6.45) is 4.42. The Morgan fingerprint density at radius 2 is 1.23 bits per heavy atom. The molecule has 0 unspecified atom stereocenters. The average Bonchev–Trinajstić information content (AvgIpc) is 2.68. The molecule has 1 nitrogen and oxygen atoms in total. The standard InChI is InChI=1S/C24H23FO/c1-2-3-18-6-11-21(12-7-18)22-13-8-19(9-14-22)4-5-20-10-15-23(17-26)24(25)16-20/h6-17H,2-5H2,1H3. The molecule has 0 aliphatic rings. The van der Waals surface area contributed by atoms with E-state index in [0.29, 0.717) is 6.29 Å². The quantitative estimate of drug-likeness (QED) is 0.476. The number of hydrogen-bond donors (Lipinski definition) is 0. The van der Waals surface area contributed by atoms with Gasteiger partial charge >= 0.3 is 0 Å². The van der Waals surface area contributed by atoms with Crippen molar-refractivity contribution in [1.29, 1.82) is 0 Å². The first-order valence-corrected chi connectivity index (χ1v) is 9.11. The number of carbonyl (C=O) groups is 1. The summed E-state index contributed by atoms with van der Waals surface area (Å²) < 4.78 is 13.7. The summed E-state index contributed by atoms with van der Waals surface area (Å²) in [5.41, 5.74) is 6.05. The van der Waals surface area contributed by atoms with E-state index >= 15 is 0 Å². The van der Waals surface area contributed by atoms with Gasteiger partial charge in [-0.2, -0.15) is 0 Å². The van der Waals surface area contributed by atoms with Crippen LogP contribution in [0.25, 0.3) is 11.1 Å². The Kier molecular flexibility index (Phi) is 5.96. The minimum absolute atomic E-state index is 0.114. The SMILES string of the molecule is CCCc1ccc(-c2ccc(CCc3ccc(C=O)c(F)c3)cc2)cc1. The summed E-state index contributed by atoms with van der Waals surface area (Å²) in [4.78, 5) is 10.7. The van der Waals surface area contributed by atoms with Crippen LogP contribution in [-0.2, 0) is 19.3 Å². The third-order valence-electron chi connectivity index (χ3n) is 4.67. The van der Waals surface area contributed by atoms with Crippen molar-refractivity contribution in [3.8, 4) is 11.1 Å². The molecule has 0 heterocycles. The first kappa shape index (κ1) is 18.1. The van der Waals surface area contributed by atoms with Gasteiger partial charge in [-0.05, 0) is 59.2 Å².